The molecule has 0 bridgehead atoms. The molecule has 0 aliphatic heterocycles. The highest BCUT2D eigenvalue weighted by Gasteiger charge is 2.11. The van der Waals surface area contributed by atoms with Gasteiger partial charge in [-0.15, -0.1) is 0 Å². The van der Waals surface area contributed by atoms with Crippen LogP contribution in [0.1, 0.15) is 33.6 Å². The average Bonchev–Trinajstić information content (AvgIpc) is 3.25. The Labute approximate surface area is 203 Å². The van der Waals surface area contributed by atoms with Crippen molar-refractivity contribution in [2.45, 2.75) is 26.3 Å². The van der Waals surface area contributed by atoms with Gasteiger partial charge in [0.2, 0.25) is 0 Å². The van der Waals surface area contributed by atoms with Crippen molar-refractivity contribution in [2.24, 2.45) is 0 Å². The quantitative estimate of drug-likeness (QED) is 0.202. The van der Waals surface area contributed by atoms with E-state index in [0.29, 0.717) is 34.2 Å². The number of hydrogen-bond donors (Lipinski definition) is 4. The van der Waals surface area contributed by atoms with E-state index in [4.69, 9.17) is 17.3 Å². The number of hydrogen-bond acceptors (Lipinski definition) is 5. The highest BCUT2D eigenvalue weighted by Crippen LogP contribution is 2.27. The Kier molecular flexibility index (Phi) is 7.57. The van der Waals surface area contributed by atoms with E-state index in [9.17, 15) is 4.79 Å². The van der Waals surface area contributed by atoms with Gasteiger partial charge in [-0.2, -0.15) is 5.10 Å². The smallest absolute Gasteiger partial charge is 0.255 e. The molecule has 4 rings (SSSR count). The summed E-state index contributed by atoms with van der Waals surface area (Å²) in [6, 6.07) is 16.3. The molecule has 0 spiro atoms. The Balaban J connectivity index is 1.32. The van der Waals surface area contributed by atoms with Crippen LogP contribution >= 0.6 is 11.6 Å². The number of nitrogen functional groups attached to an aromatic ring is 1. The SMILES string of the molecule is Cc1[nH]ncc1CCCNCc1cnc(-c2ccc(C(=O)Nc3ccccc3N)cc2)c(Cl)c1. The van der Waals surface area contributed by atoms with Crippen molar-refractivity contribution in [1.29, 1.82) is 0 Å². The van der Waals surface area contributed by atoms with Crippen LogP contribution in [0.25, 0.3) is 11.3 Å². The average molecular weight is 475 g/mol. The molecule has 5 N–H and O–H groups in total. The number of aromatic amines is 1. The van der Waals surface area contributed by atoms with Crippen LogP contribution in [-0.4, -0.2) is 27.6 Å². The van der Waals surface area contributed by atoms with E-state index >= 15 is 0 Å². The summed E-state index contributed by atoms with van der Waals surface area (Å²) in [6.45, 7) is 3.62. The molecule has 0 saturated carbocycles. The molecule has 0 radical (unpaired) electrons. The molecule has 0 fully saturated rings. The number of carbonyl (C=O) groups excluding carboxylic acids is 1. The fourth-order valence-corrected chi connectivity index (χ4v) is 3.93. The van der Waals surface area contributed by atoms with Gasteiger partial charge in [-0.25, -0.2) is 0 Å². The van der Waals surface area contributed by atoms with Crippen molar-refractivity contribution in [1.82, 2.24) is 20.5 Å². The van der Waals surface area contributed by atoms with E-state index in [-0.39, 0.29) is 5.91 Å². The van der Waals surface area contributed by atoms with Gasteiger partial charge in [0.25, 0.3) is 5.91 Å². The standard InChI is InChI=1S/C26H27ClN6O/c1-17-21(16-31-33-17)5-4-12-29-14-18-13-22(27)25(30-15-18)19-8-10-20(11-9-19)26(34)32-24-7-3-2-6-23(24)28/h2-3,6-11,13,15-16,29H,4-5,12,14,28H2,1H3,(H,31,33)(H,32,34). The number of aryl methyl sites for hydroxylation is 2. The number of nitrogens with zero attached hydrogens (tertiary/aromatic N) is 2. The third-order valence-corrected chi connectivity index (χ3v) is 5.88. The van der Waals surface area contributed by atoms with Gasteiger partial charge in [-0.1, -0.05) is 35.9 Å². The maximum Gasteiger partial charge on any atom is 0.255 e. The predicted molar refractivity (Wildman–Crippen MR) is 137 cm³/mol. The van der Waals surface area contributed by atoms with E-state index in [0.717, 1.165) is 36.2 Å². The van der Waals surface area contributed by atoms with Crippen LogP contribution in [0.2, 0.25) is 5.02 Å². The van der Waals surface area contributed by atoms with Gasteiger partial charge in [-0.05, 0) is 67.8 Å². The molecular weight excluding hydrogens is 448 g/mol. The summed E-state index contributed by atoms with van der Waals surface area (Å²) in [5, 5.41) is 13.8. The molecule has 0 unspecified atom stereocenters. The monoisotopic (exact) mass is 474 g/mol. The Morgan fingerprint density at radius 3 is 2.62 bits per heavy atom. The molecule has 1 amide bonds. The number of para-hydroxylation sites is 2. The summed E-state index contributed by atoms with van der Waals surface area (Å²) in [4.78, 5) is 17.1. The first kappa shape index (κ1) is 23.5. The first-order valence-corrected chi connectivity index (χ1v) is 11.5. The van der Waals surface area contributed by atoms with Gasteiger partial charge in [0.1, 0.15) is 0 Å². The topological polar surface area (TPSA) is 109 Å². The molecule has 4 aromatic rings. The molecule has 0 aliphatic rings. The van der Waals surface area contributed by atoms with Gasteiger partial charge in [0.15, 0.2) is 0 Å². The summed E-state index contributed by atoms with van der Waals surface area (Å²) in [7, 11) is 0. The highest BCUT2D eigenvalue weighted by atomic mass is 35.5. The van der Waals surface area contributed by atoms with Crippen molar-refractivity contribution in [3.05, 3.63) is 94.4 Å². The lowest BCUT2D eigenvalue weighted by Crippen LogP contribution is -2.15. The zero-order chi connectivity index (χ0) is 23.9. The van der Waals surface area contributed by atoms with E-state index < -0.39 is 0 Å². The Hall–Kier alpha value is -3.68. The number of halogens is 1. The van der Waals surface area contributed by atoms with E-state index in [1.165, 1.54) is 5.56 Å². The van der Waals surface area contributed by atoms with Crippen molar-refractivity contribution in [2.75, 3.05) is 17.6 Å². The molecule has 0 atom stereocenters. The number of pyridine rings is 1. The normalized spacial score (nSPS) is 10.9. The van der Waals surface area contributed by atoms with Gasteiger partial charge in [0.05, 0.1) is 28.3 Å². The van der Waals surface area contributed by atoms with Crippen LogP contribution in [-0.2, 0) is 13.0 Å². The molecule has 2 aromatic carbocycles. The van der Waals surface area contributed by atoms with Crippen LogP contribution in [0.3, 0.4) is 0 Å². The fourth-order valence-electron chi connectivity index (χ4n) is 3.64. The van der Waals surface area contributed by atoms with Crippen LogP contribution in [0.4, 0.5) is 11.4 Å². The maximum absolute atomic E-state index is 12.5. The number of H-pyrrole nitrogens is 1. The first-order valence-electron chi connectivity index (χ1n) is 11.1. The summed E-state index contributed by atoms with van der Waals surface area (Å²) in [6.07, 6.45) is 5.72. The van der Waals surface area contributed by atoms with Gasteiger partial charge < -0.3 is 16.4 Å². The number of rotatable bonds is 9. The van der Waals surface area contributed by atoms with Crippen molar-refractivity contribution in [3.63, 3.8) is 0 Å². The summed E-state index contributed by atoms with van der Waals surface area (Å²) >= 11 is 6.52. The Morgan fingerprint density at radius 1 is 1.12 bits per heavy atom. The van der Waals surface area contributed by atoms with Crippen LogP contribution in [0, 0.1) is 6.92 Å². The maximum atomic E-state index is 12.5. The second-order valence-corrected chi connectivity index (χ2v) is 8.50. The molecule has 174 valence electrons. The zero-order valence-corrected chi connectivity index (χ0v) is 19.7. The second kappa shape index (κ2) is 11.0. The minimum Gasteiger partial charge on any atom is -0.397 e. The second-order valence-electron chi connectivity index (χ2n) is 8.09. The summed E-state index contributed by atoms with van der Waals surface area (Å²) < 4.78 is 0. The third kappa shape index (κ3) is 5.81. The summed E-state index contributed by atoms with van der Waals surface area (Å²) in [5.74, 6) is -0.229. The zero-order valence-electron chi connectivity index (χ0n) is 18.9. The molecule has 2 aromatic heterocycles. The minimum absolute atomic E-state index is 0.229. The Morgan fingerprint density at radius 2 is 1.91 bits per heavy atom. The lowest BCUT2D eigenvalue weighted by molar-refractivity contribution is 0.102. The number of nitrogens with two attached hydrogens (primary N) is 1. The van der Waals surface area contributed by atoms with E-state index in [1.54, 1.807) is 24.3 Å². The van der Waals surface area contributed by atoms with Gasteiger partial charge in [-0.3, -0.25) is 14.9 Å². The number of anilines is 2. The summed E-state index contributed by atoms with van der Waals surface area (Å²) in [5.41, 5.74) is 12.5. The first-order chi connectivity index (χ1) is 16.5. The predicted octanol–water partition coefficient (Wildman–Crippen LogP) is 4.99. The molecule has 8 heteroatoms. The molecule has 0 aliphatic carbocycles. The van der Waals surface area contributed by atoms with Crippen LogP contribution in [0.15, 0.2) is 67.0 Å². The number of carbonyl (C=O) groups is 1. The third-order valence-electron chi connectivity index (χ3n) is 5.59. The molecule has 0 saturated heterocycles. The lowest BCUT2D eigenvalue weighted by atomic mass is 10.1. The molecular formula is C26H27ClN6O. The fraction of sp³-hybridized carbons (Fsp3) is 0.192. The van der Waals surface area contributed by atoms with Crippen LogP contribution in [0.5, 0.6) is 0 Å². The van der Waals surface area contributed by atoms with E-state index in [2.05, 4.69) is 25.8 Å². The molecule has 34 heavy (non-hydrogen) atoms. The Bertz CT molecular complexity index is 1270. The number of aromatic nitrogens is 3. The molecule has 2 heterocycles. The highest BCUT2D eigenvalue weighted by molar-refractivity contribution is 6.33. The lowest BCUT2D eigenvalue weighted by Gasteiger charge is -2.10. The minimum atomic E-state index is -0.229. The van der Waals surface area contributed by atoms with Gasteiger partial charge in [0, 0.05) is 29.6 Å². The number of amides is 1. The van der Waals surface area contributed by atoms with E-state index in [1.807, 2.05) is 49.6 Å². The van der Waals surface area contributed by atoms with Crippen molar-refractivity contribution >= 4 is 28.9 Å². The van der Waals surface area contributed by atoms with Crippen LogP contribution < -0.4 is 16.4 Å². The van der Waals surface area contributed by atoms with Crippen molar-refractivity contribution in [3.8, 4) is 11.3 Å². The van der Waals surface area contributed by atoms with Crippen molar-refractivity contribution < 1.29 is 4.79 Å². The number of nitrogens with one attached hydrogen (secondary N) is 3. The molecule has 7 nitrogen and oxygen atoms in total. The van der Waals surface area contributed by atoms with Gasteiger partial charge >= 0.3 is 0 Å². The number of benzene rings is 2. The largest absolute Gasteiger partial charge is 0.397 e.